The third kappa shape index (κ3) is 2.81. The zero-order chi connectivity index (χ0) is 14.8. The van der Waals surface area contributed by atoms with E-state index in [1.807, 2.05) is 0 Å². The maximum Gasteiger partial charge on any atom is 0.278 e. The van der Waals surface area contributed by atoms with Crippen LogP contribution in [0.2, 0.25) is 0 Å². The first-order chi connectivity index (χ1) is 9.49. The molecular formula is C14H21N3O3. The predicted octanol–water partition coefficient (Wildman–Crippen LogP) is 2.00. The summed E-state index contributed by atoms with van der Waals surface area (Å²) in [5, 5.41) is 24.0. The minimum Gasteiger partial charge on any atom is -0.394 e. The van der Waals surface area contributed by atoms with Gasteiger partial charge in [0.05, 0.1) is 17.2 Å². The second-order valence-corrected chi connectivity index (χ2v) is 5.62. The average Bonchev–Trinajstić information content (AvgIpc) is 2.87. The molecule has 6 nitrogen and oxygen atoms in total. The number of nitrogens with one attached hydrogen (secondary N) is 1. The number of aryl methyl sites for hydroxylation is 1. The number of hydrogen-bond acceptors (Lipinski definition) is 5. The smallest absolute Gasteiger partial charge is 0.278 e. The lowest BCUT2D eigenvalue weighted by atomic mass is 9.98. The van der Waals surface area contributed by atoms with E-state index in [2.05, 4.69) is 10.3 Å². The van der Waals surface area contributed by atoms with E-state index in [0.717, 1.165) is 25.7 Å². The lowest BCUT2D eigenvalue weighted by molar-refractivity contribution is -0.386. The molecule has 0 unspecified atom stereocenters. The Morgan fingerprint density at radius 3 is 2.65 bits per heavy atom. The molecule has 1 saturated carbocycles. The van der Waals surface area contributed by atoms with Gasteiger partial charge < -0.3 is 10.4 Å². The van der Waals surface area contributed by atoms with E-state index in [-0.39, 0.29) is 22.8 Å². The standard InChI is InChI=1S/C14H21N3O3/c1-10-7-15-12(11(2)13(10)17(19)20)8-16-14(9-18)5-3-4-6-14/h7,16,18H,3-6,8-9H2,1-2H3. The Morgan fingerprint density at radius 2 is 2.10 bits per heavy atom. The highest BCUT2D eigenvalue weighted by molar-refractivity contribution is 5.47. The molecule has 1 aromatic rings. The first kappa shape index (κ1) is 14.9. The van der Waals surface area contributed by atoms with E-state index in [1.165, 1.54) is 0 Å². The van der Waals surface area contributed by atoms with Gasteiger partial charge in [0.25, 0.3) is 5.69 Å². The van der Waals surface area contributed by atoms with Gasteiger partial charge >= 0.3 is 0 Å². The first-order valence-corrected chi connectivity index (χ1v) is 6.94. The fourth-order valence-electron chi connectivity index (χ4n) is 2.94. The molecule has 110 valence electrons. The van der Waals surface area contributed by atoms with Gasteiger partial charge in [0.15, 0.2) is 0 Å². The summed E-state index contributed by atoms with van der Waals surface area (Å²) >= 11 is 0. The maximum absolute atomic E-state index is 11.1. The van der Waals surface area contributed by atoms with Crippen LogP contribution in [0, 0.1) is 24.0 Å². The molecule has 0 bridgehead atoms. The van der Waals surface area contributed by atoms with Crippen LogP contribution >= 0.6 is 0 Å². The number of nitro groups is 1. The van der Waals surface area contributed by atoms with Crippen molar-refractivity contribution in [1.29, 1.82) is 0 Å². The van der Waals surface area contributed by atoms with Crippen LogP contribution in [-0.4, -0.2) is 27.2 Å². The molecule has 0 saturated heterocycles. The minimum atomic E-state index is -0.354. The molecule has 0 amide bonds. The zero-order valence-electron chi connectivity index (χ0n) is 12.0. The topological polar surface area (TPSA) is 88.3 Å². The van der Waals surface area contributed by atoms with Crippen molar-refractivity contribution in [3.8, 4) is 0 Å². The van der Waals surface area contributed by atoms with Crippen molar-refractivity contribution in [2.24, 2.45) is 0 Å². The van der Waals surface area contributed by atoms with Gasteiger partial charge in [-0.05, 0) is 26.7 Å². The van der Waals surface area contributed by atoms with Gasteiger partial charge in [-0.1, -0.05) is 12.8 Å². The summed E-state index contributed by atoms with van der Waals surface area (Å²) in [5.74, 6) is 0. The maximum atomic E-state index is 11.1. The van der Waals surface area contributed by atoms with Crippen LogP contribution in [0.25, 0.3) is 0 Å². The molecule has 0 aromatic carbocycles. The monoisotopic (exact) mass is 279 g/mol. The van der Waals surface area contributed by atoms with Crippen molar-refractivity contribution < 1.29 is 10.0 Å². The van der Waals surface area contributed by atoms with Gasteiger partial charge in [-0.3, -0.25) is 15.1 Å². The van der Waals surface area contributed by atoms with Crippen LogP contribution in [0.5, 0.6) is 0 Å². The fourth-order valence-corrected chi connectivity index (χ4v) is 2.94. The van der Waals surface area contributed by atoms with E-state index in [1.54, 1.807) is 20.0 Å². The van der Waals surface area contributed by atoms with Crippen molar-refractivity contribution in [3.63, 3.8) is 0 Å². The van der Waals surface area contributed by atoms with E-state index >= 15 is 0 Å². The quantitative estimate of drug-likeness (QED) is 0.635. The molecule has 6 heteroatoms. The Balaban J connectivity index is 2.18. The van der Waals surface area contributed by atoms with E-state index in [0.29, 0.717) is 23.4 Å². The van der Waals surface area contributed by atoms with E-state index < -0.39 is 0 Å². The van der Waals surface area contributed by atoms with Crippen molar-refractivity contribution >= 4 is 5.69 Å². The van der Waals surface area contributed by atoms with Crippen molar-refractivity contribution in [2.75, 3.05) is 6.61 Å². The number of aliphatic hydroxyl groups excluding tert-OH is 1. The van der Waals surface area contributed by atoms with Gasteiger partial charge in [0.1, 0.15) is 0 Å². The van der Waals surface area contributed by atoms with Crippen LogP contribution in [0.1, 0.15) is 42.5 Å². The SMILES string of the molecule is Cc1cnc(CNC2(CO)CCCC2)c(C)c1[N+](=O)[O-]. The van der Waals surface area contributed by atoms with Crippen LogP contribution in [0.3, 0.4) is 0 Å². The second-order valence-electron chi connectivity index (χ2n) is 5.62. The average molecular weight is 279 g/mol. The summed E-state index contributed by atoms with van der Waals surface area (Å²) in [6.07, 6.45) is 5.64. The second kappa shape index (κ2) is 5.85. The third-order valence-corrected chi connectivity index (χ3v) is 4.25. The molecule has 1 aliphatic carbocycles. The van der Waals surface area contributed by atoms with E-state index in [4.69, 9.17) is 0 Å². The Bertz CT molecular complexity index is 511. The predicted molar refractivity (Wildman–Crippen MR) is 75.5 cm³/mol. The highest BCUT2D eigenvalue weighted by atomic mass is 16.6. The molecule has 0 atom stereocenters. The summed E-state index contributed by atoms with van der Waals surface area (Å²) in [6, 6.07) is 0. The molecule has 1 aliphatic rings. The van der Waals surface area contributed by atoms with Gasteiger partial charge in [0, 0.05) is 29.4 Å². The summed E-state index contributed by atoms with van der Waals surface area (Å²) in [5.41, 5.74) is 1.76. The number of rotatable bonds is 5. The lowest BCUT2D eigenvalue weighted by Gasteiger charge is -2.28. The molecule has 0 radical (unpaired) electrons. The van der Waals surface area contributed by atoms with Crippen molar-refractivity contribution in [3.05, 3.63) is 33.1 Å². The molecule has 0 spiro atoms. The van der Waals surface area contributed by atoms with Crippen molar-refractivity contribution in [1.82, 2.24) is 10.3 Å². The largest absolute Gasteiger partial charge is 0.394 e. The van der Waals surface area contributed by atoms with Crippen molar-refractivity contribution in [2.45, 2.75) is 51.6 Å². The molecule has 1 fully saturated rings. The van der Waals surface area contributed by atoms with Gasteiger partial charge in [-0.2, -0.15) is 0 Å². The van der Waals surface area contributed by atoms with Gasteiger partial charge in [-0.25, -0.2) is 0 Å². The highest BCUT2D eigenvalue weighted by Gasteiger charge is 2.33. The zero-order valence-corrected chi connectivity index (χ0v) is 12.0. The molecule has 1 heterocycles. The Hall–Kier alpha value is -1.53. The molecule has 1 aromatic heterocycles. The molecule has 2 N–H and O–H groups in total. The number of nitrogens with zero attached hydrogens (tertiary/aromatic N) is 2. The number of pyridine rings is 1. The third-order valence-electron chi connectivity index (χ3n) is 4.25. The van der Waals surface area contributed by atoms with Crippen LogP contribution < -0.4 is 5.32 Å². The van der Waals surface area contributed by atoms with E-state index in [9.17, 15) is 15.2 Å². The molecule has 20 heavy (non-hydrogen) atoms. The highest BCUT2D eigenvalue weighted by Crippen LogP contribution is 2.30. The Labute approximate surface area is 118 Å². The Morgan fingerprint density at radius 1 is 1.45 bits per heavy atom. The normalized spacial score (nSPS) is 17.4. The lowest BCUT2D eigenvalue weighted by Crippen LogP contribution is -2.45. The molecule has 2 rings (SSSR count). The molecular weight excluding hydrogens is 258 g/mol. The fraction of sp³-hybridized carbons (Fsp3) is 0.643. The summed E-state index contributed by atoms with van der Waals surface area (Å²) in [6.45, 7) is 3.98. The molecule has 0 aliphatic heterocycles. The van der Waals surface area contributed by atoms with Gasteiger partial charge in [-0.15, -0.1) is 0 Å². The van der Waals surface area contributed by atoms with Crippen LogP contribution in [0.4, 0.5) is 5.69 Å². The first-order valence-electron chi connectivity index (χ1n) is 6.94. The minimum absolute atomic E-state index is 0.0972. The van der Waals surface area contributed by atoms with Crippen LogP contribution in [-0.2, 0) is 6.54 Å². The number of hydrogen-bond donors (Lipinski definition) is 2. The van der Waals surface area contributed by atoms with Gasteiger partial charge in [0.2, 0.25) is 0 Å². The summed E-state index contributed by atoms with van der Waals surface area (Å²) in [4.78, 5) is 15.0. The number of aromatic nitrogens is 1. The Kier molecular flexibility index (Phi) is 4.35. The van der Waals surface area contributed by atoms with Crippen LogP contribution in [0.15, 0.2) is 6.20 Å². The summed E-state index contributed by atoms with van der Waals surface area (Å²) in [7, 11) is 0. The number of aliphatic hydroxyl groups is 1. The summed E-state index contributed by atoms with van der Waals surface area (Å²) < 4.78 is 0.